The number of nitrogens with one attached hydrogen (secondary N) is 2. The minimum absolute atomic E-state index is 0.239. The Morgan fingerprint density at radius 3 is 2.69 bits per heavy atom. The van der Waals surface area contributed by atoms with Gasteiger partial charge in [0.2, 0.25) is 11.8 Å². The minimum atomic E-state index is -0.663. The maximum atomic E-state index is 12.9. The van der Waals surface area contributed by atoms with Crippen LogP contribution in [0.2, 0.25) is 0 Å². The van der Waals surface area contributed by atoms with Gasteiger partial charge in [0.25, 0.3) is 0 Å². The second-order valence-corrected chi connectivity index (χ2v) is 9.11. The lowest BCUT2D eigenvalue weighted by atomic mass is 9.95. The molecule has 5 rings (SSSR count). The second kappa shape index (κ2) is 7.07. The first-order valence-electron chi connectivity index (χ1n) is 10.1. The van der Waals surface area contributed by atoms with Gasteiger partial charge in [0.15, 0.2) is 0 Å². The molecule has 4 heterocycles. The molecule has 0 radical (unpaired) electrons. The van der Waals surface area contributed by atoms with E-state index in [-0.39, 0.29) is 18.0 Å². The molecule has 2 saturated heterocycles. The van der Waals surface area contributed by atoms with Gasteiger partial charge in [-0.1, -0.05) is 0 Å². The molecule has 29 heavy (non-hydrogen) atoms. The zero-order valence-corrected chi connectivity index (χ0v) is 17.1. The van der Waals surface area contributed by atoms with E-state index in [2.05, 4.69) is 10.6 Å². The maximum absolute atomic E-state index is 12.9. The fourth-order valence-corrected chi connectivity index (χ4v) is 5.58. The molecule has 2 amide bonds. The SMILES string of the molecule is Cn1c(=O)n(C2CCC(=O)NC2=O)c2cc3sc(CC4CCNCC4)nc3cc21. The molecule has 3 aromatic rings. The zero-order chi connectivity index (χ0) is 20.1. The van der Waals surface area contributed by atoms with Crippen molar-refractivity contribution in [3.8, 4) is 0 Å². The first-order valence-corrected chi connectivity index (χ1v) is 10.9. The fourth-order valence-electron chi connectivity index (χ4n) is 4.48. The number of fused-ring (bicyclic) bond motifs is 2. The molecule has 1 unspecified atom stereocenters. The van der Waals surface area contributed by atoms with Crippen molar-refractivity contribution >= 4 is 44.4 Å². The van der Waals surface area contributed by atoms with E-state index in [4.69, 9.17) is 4.98 Å². The third-order valence-corrected chi connectivity index (χ3v) is 7.13. The fraction of sp³-hybridized carbons (Fsp3) is 0.500. The molecule has 8 nitrogen and oxygen atoms in total. The van der Waals surface area contributed by atoms with Gasteiger partial charge in [-0.25, -0.2) is 9.78 Å². The monoisotopic (exact) mass is 413 g/mol. The van der Waals surface area contributed by atoms with Crippen molar-refractivity contribution in [2.45, 2.75) is 38.1 Å². The molecular formula is C20H23N5O3S. The Kier molecular flexibility index (Phi) is 4.51. The van der Waals surface area contributed by atoms with E-state index in [1.54, 1.807) is 23.0 Å². The predicted octanol–water partition coefficient (Wildman–Crippen LogP) is 1.47. The largest absolute Gasteiger partial charge is 0.329 e. The van der Waals surface area contributed by atoms with Crippen LogP contribution in [-0.4, -0.2) is 39.0 Å². The van der Waals surface area contributed by atoms with Gasteiger partial charge in [0.1, 0.15) is 6.04 Å². The van der Waals surface area contributed by atoms with Crippen LogP contribution in [0.25, 0.3) is 21.3 Å². The summed E-state index contributed by atoms with van der Waals surface area (Å²) >= 11 is 1.67. The Hall–Kier alpha value is -2.52. The molecule has 2 aliphatic rings. The quantitative estimate of drug-likeness (QED) is 0.634. The highest BCUT2D eigenvalue weighted by molar-refractivity contribution is 7.18. The number of carbonyl (C=O) groups excluding carboxylic acids is 2. The molecule has 0 bridgehead atoms. The summed E-state index contributed by atoms with van der Waals surface area (Å²) in [6.45, 7) is 2.13. The molecule has 0 aliphatic carbocycles. The highest BCUT2D eigenvalue weighted by atomic mass is 32.1. The summed E-state index contributed by atoms with van der Waals surface area (Å²) in [7, 11) is 1.71. The number of hydrogen-bond acceptors (Lipinski definition) is 6. The Bertz CT molecular complexity index is 1180. The third kappa shape index (κ3) is 3.18. The summed E-state index contributed by atoms with van der Waals surface area (Å²) in [4.78, 5) is 41.6. The number of piperidine rings is 2. The van der Waals surface area contributed by atoms with Crippen LogP contribution in [0.5, 0.6) is 0 Å². The van der Waals surface area contributed by atoms with Gasteiger partial charge in [-0.2, -0.15) is 0 Å². The van der Waals surface area contributed by atoms with E-state index in [1.807, 2.05) is 12.1 Å². The van der Waals surface area contributed by atoms with Crippen LogP contribution in [0.4, 0.5) is 0 Å². The van der Waals surface area contributed by atoms with E-state index in [9.17, 15) is 14.4 Å². The van der Waals surface area contributed by atoms with Crippen molar-refractivity contribution in [2.24, 2.45) is 13.0 Å². The van der Waals surface area contributed by atoms with E-state index in [1.165, 1.54) is 17.4 Å². The summed E-state index contributed by atoms with van der Waals surface area (Å²) in [5.74, 6) is -0.0355. The number of amides is 2. The average molecular weight is 414 g/mol. The number of nitrogens with zero attached hydrogens (tertiary/aromatic N) is 3. The molecule has 9 heteroatoms. The molecule has 2 fully saturated rings. The summed E-state index contributed by atoms with van der Waals surface area (Å²) in [5, 5.41) is 6.87. The van der Waals surface area contributed by atoms with Crippen molar-refractivity contribution in [1.29, 1.82) is 0 Å². The van der Waals surface area contributed by atoms with Crippen LogP contribution in [0.1, 0.15) is 36.7 Å². The van der Waals surface area contributed by atoms with Crippen molar-refractivity contribution in [1.82, 2.24) is 24.8 Å². The first-order chi connectivity index (χ1) is 14.0. The number of imide groups is 1. The molecule has 152 valence electrons. The lowest BCUT2D eigenvalue weighted by Gasteiger charge is -2.21. The van der Waals surface area contributed by atoms with Crippen molar-refractivity contribution < 1.29 is 9.59 Å². The molecule has 2 aliphatic heterocycles. The lowest BCUT2D eigenvalue weighted by Crippen LogP contribution is -2.44. The smallest absolute Gasteiger partial charge is 0.317 e. The van der Waals surface area contributed by atoms with Gasteiger partial charge >= 0.3 is 5.69 Å². The molecule has 2 N–H and O–H groups in total. The number of rotatable bonds is 3. The van der Waals surface area contributed by atoms with E-state index >= 15 is 0 Å². The molecule has 0 saturated carbocycles. The van der Waals surface area contributed by atoms with Gasteiger partial charge in [0.05, 0.1) is 26.3 Å². The maximum Gasteiger partial charge on any atom is 0.329 e. The third-order valence-electron chi connectivity index (χ3n) is 6.09. The Morgan fingerprint density at radius 1 is 1.14 bits per heavy atom. The average Bonchev–Trinajstić information content (AvgIpc) is 3.20. The minimum Gasteiger partial charge on any atom is -0.317 e. The van der Waals surface area contributed by atoms with E-state index < -0.39 is 11.9 Å². The van der Waals surface area contributed by atoms with Crippen LogP contribution in [0, 0.1) is 5.92 Å². The van der Waals surface area contributed by atoms with Crippen LogP contribution < -0.4 is 16.3 Å². The molecule has 1 atom stereocenters. The number of hydrogen-bond donors (Lipinski definition) is 2. The van der Waals surface area contributed by atoms with Gasteiger partial charge in [-0.05, 0) is 50.4 Å². The highest BCUT2D eigenvalue weighted by Crippen LogP contribution is 2.31. The predicted molar refractivity (Wildman–Crippen MR) is 111 cm³/mol. The Morgan fingerprint density at radius 2 is 1.93 bits per heavy atom. The summed E-state index contributed by atoms with van der Waals surface area (Å²) in [5.41, 5.74) is 2.12. The van der Waals surface area contributed by atoms with Gasteiger partial charge < -0.3 is 5.32 Å². The Labute approximate surface area is 170 Å². The number of aryl methyl sites for hydroxylation is 1. The summed E-state index contributed by atoms with van der Waals surface area (Å²) in [6, 6.07) is 3.25. The second-order valence-electron chi connectivity index (χ2n) is 7.99. The molecule has 0 spiro atoms. The van der Waals surface area contributed by atoms with Crippen molar-refractivity contribution in [3.63, 3.8) is 0 Å². The van der Waals surface area contributed by atoms with Crippen molar-refractivity contribution in [3.05, 3.63) is 27.6 Å². The number of aromatic nitrogens is 3. The standard InChI is InChI=1S/C20H23N5O3S/c1-24-14-9-12-16(29-18(22-12)8-11-4-6-21-7-5-11)10-15(14)25(20(24)28)13-2-3-17(26)23-19(13)27/h9-11,13,21H,2-8H2,1H3,(H,23,26,27). The van der Waals surface area contributed by atoms with Gasteiger partial charge in [-0.3, -0.25) is 24.0 Å². The Balaban J connectivity index is 1.57. The van der Waals surface area contributed by atoms with Gasteiger partial charge in [0, 0.05) is 19.9 Å². The molecule has 2 aromatic heterocycles. The van der Waals surface area contributed by atoms with Crippen molar-refractivity contribution in [2.75, 3.05) is 13.1 Å². The van der Waals surface area contributed by atoms with Crippen LogP contribution in [0.15, 0.2) is 16.9 Å². The van der Waals surface area contributed by atoms with Crippen LogP contribution in [-0.2, 0) is 23.1 Å². The first kappa shape index (κ1) is 18.5. The molecular weight excluding hydrogens is 390 g/mol. The number of imidazole rings is 1. The lowest BCUT2D eigenvalue weighted by molar-refractivity contribution is -0.135. The molecule has 1 aromatic carbocycles. The van der Waals surface area contributed by atoms with E-state index in [0.717, 1.165) is 45.8 Å². The topological polar surface area (TPSA) is 98.0 Å². The number of thiazole rings is 1. The zero-order valence-electron chi connectivity index (χ0n) is 16.2. The van der Waals surface area contributed by atoms with Crippen LogP contribution in [0.3, 0.4) is 0 Å². The normalized spacial score (nSPS) is 21.2. The number of carbonyl (C=O) groups is 2. The summed E-state index contributed by atoms with van der Waals surface area (Å²) in [6.07, 6.45) is 3.91. The number of benzene rings is 1. The van der Waals surface area contributed by atoms with Crippen LogP contribution >= 0.6 is 11.3 Å². The van der Waals surface area contributed by atoms with E-state index in [0.29, 0.717) is 12.3 Å². The summed E-state index contributed by atoms with van der Waals surface area (Å²) < 4.78 is 4.11. The van der Waals surface area contributed by atoms with Gasteiger partial charge in [-0.15, -0.1) is 11.3 Å². The highest BCUT2D eigenvalue weighted by Gasteiger charge is 2.31.